The molecular weight excluding hydrogens is 405 g/mol. The molecule has 1 aliphatic rings. The summed E-state index contributed by atoms with van der Waals surface area (Å²) in [5.74, 6) is -0.179. The van der Waals surface area contributed by atoms with Crippen molar-refractivity contribution in [1.29, 1.82) is 0 Å². The van der Waals surface area contributed by atoms with Crippen LogP contribution in [0.1, 0.15) is 17.4 Å². The van der Waals surface area contributed by atoms with Crippen molar-refractivity contribution in [3.63, 3.8) is 0 Å². The van der Waals surface area contributed by atoms with Crippen LogP contribution in [0, 0.1) is 10.1 Å². The number of nitrogens with zero attached hydrogens (tertiary/aromatic N) is 4. The van der Waals surface area contributed by atoms with Crippen molar-refractivity contribution in [1.82, 2.24) is 20.0 Å². The predicted molar refractivity (Wildman–Crippen MR) is 101 cm³/mol. The van der Waals surface area contributed by atoms with Crippen LogP contribution in [0.25, 0.3) is 5.69 Å². The Morgan fingerprint density at radius 2 is 2.04 bits per heavy atom. The van der Waals surface area contributed by atoms with E-state index < -0.39 is 4.92 Å². The number of non-ortho nitro benzene ring substituents is 1. The molecule has 1 saturated heterocycles. The summed E-state index contributed by atoms with van der Waals surface area (Å²) in [6.45, 7) is 4.03. The monoisotopic (exact) mass is 419 g/mol. The maximum atomic E-state index is 12.6. The number of carbonyl (C=O) groups is 1. The lowest BCUT2D eigenvalue weighted by Gasteiger charge is -2.33. The highest BCUT2D eigenvalue weighted by molar-refractivity contribution is 6.38. The van der Waals surface area contributed by atoms with Gasteiger partial charge in [0.05, 0.1) is 15.0 Å². The number of amides is 1. The second kappa shape index (κ2) is 8.22. The Labute approximate surface area is 165 Å². The van der Waals surface area contributed by atoms with Crippen LogP contribution in [0.3, 0.4) is 0 Å². The summed E-state index contributed by atoms with van der Waals surface area (Å²) in [6, 6.07) is 4.04. The Bertz CT molecular complexity index is 819. The van der Waals surface area contributed by atoms with Gasteiger partial charge in [0, 0.05) is 44.0 Å². The fourth-order valence-electron chi connectivity index (χ4n) is 2.73. The minimum absolute atomic E-state index is 0. The third-order valence-electron chi connectivity index (χ3n) is 4.01. The van der Waals surface area contributed by atoms with Crippen molar-refractivity contribution in [2.24, 2.45) is 0 Å². The van der Waals surface area contributed by atoms with E-state index in [1.165, 1.54) is 16.8 Å². The molecule has 1 aliphatic heterocycles. The quantitative estimate of drug-likeness (QED) is 0.609. The second-order valence-electron chi connectivity index (χ2n) is 5.71. The lowest BCUT2D eigenvalue weighted by molar-refractivity contribution is -0.384. The minimum Gasteiger partial charge on any atom is -0.332 e. The van der Waals surface area contributed by atoms with Crippen LogP contribution in [-0.2, 0) is 0 Å². The number of nitro groups is 1. The summed E-state index contributed by atoms with van der Waals surface area (Å²) in [5.41, 5.74) is 0.345. The van der Waals surface area contributed by atoms with Crippen LogP contribution < -0.4 is 5.32 Å². The highest BCUT2D eigenvalue weighted by Gasteiger charge is 2.26. The van der Waals surface area contributed by atoms with Gasteiger partial charge in [0.2, 0.25) is 0 Å². The number of piperazine rings is 1. The average Bonchev–Trinajstić information content (AvgIpc) is 3.03. The van der Waals surface area contributed by atoms with Crippen molar-refractivity contribution < 1.29 is 9.72 Å². The molecule has 1 aromatic carbocycles. The lowest BCUT2D eigenvalue weighted by atomic mass is 10.2. The maximum Gasteiger partial charge on any atom is 0.274 e. The zero-order valence-electron chi connectivity index (χ0n) is 13.7. The SMILES string of the molecule is C[C@@H]1CNCCN1C(=O)c1ccn(-c2c(Cl)cc([N+](=O)[O-])cc2Cl)n1.Cl. The van der Waals surface area contributed by atoms with Gasteiger partial charge in [-0.1, -0.05) is 23.2 Å². The average molecular weight is 421 g/mol. The molecule has 0 spiro atoms. The van der Waals surface area contributed by atoms with Gasteiger partial charge in [-0.15, -0.1) is 12.4 Å². The number of hydrogen-bond acceptors (Lipinski definition) is 5. The molecule has 1 N–H and O–H groups in total. The fraction of sp³-hybridized carbons (Fsp3) is 0.333. The van der Waals surface area contributed by atoms with Crippen molar-refractivity contribution in [2.45, 2.75) is 13.0 Å². The highest BCUT2D eigenvalue weighted by atomic mass is 35.5. The Hall–Kier alpha value is -1.87. The topological polar surface area (TPSA) is 93.3 Å². The first-order chi connectivity index (χ1) is 11.9. The van der Waals surface area contributed by atoms with Crippen LogP contribution in [0.15, 0.2) is 24.4 Å². The molecule has 2 heterocycles. The summed E-state index contributed by atoms with van der Waals surface area (Å²) in [7, 11) is 0. The molecule has 0 aliphatic carbocycles. The molecule has 26 heavy (non-hydrogen) atoms. The molecule has 0 radical (unpaired) electrons. The largest absolute Gasteiger partial charge is 0.332 e. The van der Waals surface area contributed by atoms with Crippen molar-refractivity contribution in [3.05, 3.63) is 50.2 Å². The van der Waals surface area contributed by atoms with Gasteiger partial charge in [0.25, 0.3) is 11.6 Å². The molecule has 140 valence electrons. The Morgan fingerprint density at radius 3 is 2.62 bits per heavy atom. The second-order valence-corrected chi connectivity index (χ2v) is 6.53. The third-order valence-corrected chi connectivity index (χ3v) is 4.59. The van der Waals surface area contributed by atoms with Gasteiger partial charge in [-0.3, -0.25) is 14.9 Å². The molecule has 1 atom stereocenters. The maximum absolute atomic E-state index is 12.6. The molecule has 1 aromatic heterocycles. The van der Waals surface area contributed by atoms with E-state index >= 15 is 0 Å². The molecule has 0 bridgehead atoms. The summed E-state index contributed by atoms with van der Waals surface area (Å²) >= 11 is 12.2. The molecule has 2 aromatic rings. The number of aromatic nitrogens is 2. The minimum atomic E-state index is -0.578. The first-order valence-electron chi connectivity index (χ1n) is 7.59. The van der Waals surface area contributed by atoms with Gasteiger partial charge in [-0.25, -0.2) is 4.68 Å². The van der Waals surface area contributed by atoms with Crippen LogP contribution in [-0.4, -0.2) is 51.2 Å². The number of nitrogens with one attached hydrogen (secondary N) is 1. The van der Waals surface area contributed by atoms with Gasteiger partial charge < -0.3 is 10.2 Å². The lowest BCUT2D eigenvalue weighted by Crippen LogP contribution is -2.52. The number of benzene rings is 1. The Balaban J connectivity index is 0.00000243. The van der Waals surface area contributed by atoms with Crippen LogP contribution >= 0.6 is 35.6 Å². The number of halogens is 3. The molecule has 0 unspecified atom stereocenters. The van der Waals surface area contributed by atoms with Crippen LogP contribution in [0.5, 0.6) is 0 Å². The Kier molecular flexibility index (Phi) is 6.46. The summed E-state index contributed by atoms with van der Waals surface area (Å²) in [5, 5.41) is 18.5. The number of rotatable bonds is 3. The predicted octanol–water partition coefficient (Wildman–Crippen LogP) is 2.94. The summed E-state index contributed by atoms with van der Waals surface area (Å²) in [4.78, 5) is 24.7. The van der Waals surface area contributed by atoms with E-state index in [2.05, 4.69) is 10.4 Å². The first-order valence-corrected chi connectivity index (χ1v) is 8.35. The van der Waals surface area contributed by atoms with E-state index in [-0.39, 0.29) is 45.8 Å². The molecule has 1 fully saturated rings. The van der Waals surface area contributed by atoms with Gasteiger partial charge in [-0.2, -0.15) is 5.10 Å². The highest BCUT2D eigenvalue weighted by Crippen LogP contribution is 2.33. The van der Waals surface area contributed by atoms with Crippen LogP contribution in [0.2, 0.25) is 10.0 Å². The number of nitro benzene ring substituents is 1. The van der Waals surface area contributed by atoms with Gasteiger partial charge >= 0.3 is 0 Å². The first kappa shape index (κ1) is 20.4. The molecule has 3 rings (SSSR count). The molecular formula is C15H16Cl3N5O3. The van der Waals surface area contributed by atoms with E-state index in [4.69, 9.17) is 23.2 Å². The number of hydrogen-bond donors (Lipinski definition) is 1. The van der Waals surface area contributed by atoms with Crippen LogP contribution in [0.4, 0.5) is 5.69 Å². The summed E-state index contributed by atoms with van der Waals surface area (Å²) in [6.07, 6.45) is 1.55. The van der Waals surface area contributed by atoms with E-state index in [0.717, 1.165) is 13.1 Å². The fourth-order valence-corrected chi connectivity index (χ4v) is 3.38. The zero-order valence-corrected chi connectivity index (χ0v) is 16.0. The smallest absolute Gasteiger partial charge is 0.274 e. The van der Waals surface area contributed by atoms with Crippen molar-refractivity contribution in [2.75, 3.05) is 19.6 Å². The third kappa shape index (κ3) is 3.93. The summed E-state index contributed by atoms with van der Waals surface area (Å²) < 4.78 is 1.36. The zero-order chi connectivity index (χ0) is 18.1. The van der Waals surface area contributed by atoms with E-state index in [9.17, 15) is 14.9 Å². The van der Waals surface area contributed by atoms with E-state index in [0.29, 0.717) is 12.2 Å². The standard InChI is InChI=1S/C15H15Cl2N5O3.ClH/c1-9-8-18-3-5-20(9)15(23)13-2-4-21(19-13)14-11(16)6-10(22(24)25)7-12(14)17;/h2,4,6-7,9,18H,3,5,8H2,1H3;1H/t9-;/m1./s1. The van der Waals surface area contributed by atoms with Gasteiger partial charge in [0.15, 0.2) is 5.69 Å². The normalized spacial score (nSPS) is 16.9. The molecule has 11 heteroatoms. The van der Waals surface area contributed by atoms with Gasteiger partial charge in [-0.05, 0) is 13.0 Å². The van der Waals surface area contributed by atoms with E-state index in [1.807, 2.05) is 6.92 Å². The van der Waals surface area contributed by atoms with Gasteiger partial charge in [0.1, 0.15) is 5.69 Å². The molecule has 0 saturated carbocycles. The molecule has 1 amide bonds. The number of carbonyl (C=O) groups excluding carboxylic acids is 1. The Morgan fingerprint density at radius 1 is 1.38 bits per heavy atom. The molecule has 8 nitrogen and oxygen atoms in total. The van der Waals surface area contributed by atoms with Crippen molar-refractivity contribution >= 4 is 47.2 Å². The van der Waals surface area contributed by atoms with Crippen molar-refractivity contribution in [3.8, 4) is 5.69 Å². The van der Waals surface area contributed by atoms with E-state index in [1.54, 1.807) is 17.2 Å².